The summed E-state index contributed by atoms with van der Waals surface area (Å²) in [4.78, 5) is 12.0. The van der Waals surface area contributed by atoms with E-state index in [0.717, 1.165) is 17.7 Å². The van der Waals surface area contributed by atoms with Crippen LogP contribution in [0, 0.1) is 0 Å². The molecule has 3 aromatic carbocycles. The molecule has 0 aromatic heterocycles. The van der Waals surface area contributed by atoms with Gasteiger partial charge in [-0.3, -0.25) is 4.79 Å². The quantitative estimate of drug-likeness (QED) is 0.194. The van der Waals surface area contributed by atoms with E-state index in [1.54, 1.807) is 30.3 Å². The largest absolute Gasteiger partial charge is 0.486 e. The Labute approximate surface area is 225 Å². The van der Waals surface area contributed by atoms with Crippen LogP contribution in [0.25, 0.3) is 0 Å². The van der Waals surface area contributed by atoms with Crippen molar-refractivity contribution < 1.29 is 22.7 Å². The smallest absolute Gasteiger partial charge is 0.416 e. The molecule has 0 aliphatic carbocycles. The number of anilines is 1. The molecule has 0 aliphatic heterocycles. The summed E-state index contributed by atoms with van der Waals surface area (Å²) < 4.78 is 45.5. The van der Waals surface area contributed by atoms with Crippen LogP contribution < -0.4 is 15.5 Å². The van der Waals surface area contributed by atoms with Gasteiger partial charge in [0.15, 0.2) is 0 Å². The molecule has 0 atom stereocenters. The molecule has 0 unspecified atom stereocenters. The standard InChI is InChI=1S/C23H16Br2Cl2F3N3O2/c24-18-6-13(7-19(25)22(18)35-12-14-4-5-16(26)9-20(14)27)10-32-33-21(34)11-31-17-3-1-2-15(8-17)23(28,29)30/h1-10,31H,11-12H2,(H,33,34)/b32-10-. The Balaban J connectivity index is 1.55. The van der Waals surface area contributed by atoms with Crippen LogP contribution in [0.2, 0.25) is 10.0 Å². The molecule has 0 bridgehead atoms. The molecule has 3 aromatic rings. The lowest BCUT2D eigenvalue weighted by molar-refractivity contribution is -0.137. The molecular weight excluding hydrogens is 638 g/mol. The normalized spacial score (nSPS) is 11.5. The number of hydrazone groups is 1. The fraction of sp³-hybridized carbons (Fsp3) is 0.130. The molecule has 0 aliphatic rings. The zero-order chi connectivity index (χ0) is 25.6. The summed E-state index contributed by atoms with van der Waals surface area (Å²) >= 11 is 19.0. The maximum Gasteiger partial charge on any atom is 0.416 e. The minimum absolute atomic E-state index is 0.169. The van der Waals surface area contributed by atoms with Crippen LogP contribution in [0.3, 0.4) is 0 Å². The summed E-state index contributed by atoms with van der Waals surface area (Å²) in [6, 6.07) is 13.2. The molecule has 184 valence electrons. The highest BCUT2D eigenvalue weighted by Crippen LogP contribution is 2.35. The van der Waals surface area contributed by atoms with E-state index in [-0.39, 0.29) is 18.8 Å². The Kier molecular flexibility index (Phi) is 9.46. The van der Waals surface area contributed by atoms with Gasteiger partial charge in [0, 0.05) is 21.3 Å². The van der Waals surface area contributed by atoms with Crippen molar-refractivity contribution in [2.24, 2.45) is 5.10 Å². The second kappa shape index (κ2) is 12.1. The highest BCUT2D eigenvalue weighted by atomic mass is 79.9. The number of nitrogens with zero attached hydrogens (tertiary/aromatic N) is 1. The van der Waals surface area contributed by atoms with Crippen molar-refractivity contribution in [1.82, 2.24) is 5.43 Å². The summed E-state index contributed by atoms with van der Waals surface area (Å²) in [7, 11) is 0. The number of carbonyl (C=O) groups is 1. The number of amides is 1. The predicted octanol–water partition coefficient (Wildman–Crippen LogP) is 7.68. The summed E-state index contributed by atoms with van der Waals surface area (Å²) in [5.74, 6) is 0.0130. The van der Waals surface area contributed by atoms with Crippen molar-refractivity contribution >= 4 is 72.9 Å². The Morgan fingerprint density at radius 1 is 1.06 bits per heavy atom. The van der Waals surface area contributed by atoms with E-state index in [4.69, 9.17) is 27.9 Å². The van der Waals surface area contributed by atoms with Crippen LogP contribution in [0.4, 0.5) is 18.9 Å². The van der Waals surface area contributed by atoms with Gasteiger partial charge in [-0.1, -0.05) is 35.3 Å². The molecule has 0 radical (unpaired) electrons. The van der Waals surface area contributed by atoms with Gasteiger partial charge in [0.25, 0.3) is 5.91 Å². The van der Waals surface area contributed by atoms with E-state index in [1.165, 1.54) is 18.3 Å². The monoisotopic (exact) mass is 651 g/mol. The van der Waals surface area contributed by atoms with Crippen LogP contribution in [0.1, 0.15) is 16.7 Å². The van der Waals surface area contributed by atoms with Gasteiger partial charge in [-0.05, 0) is 79.9 Å². The van der Waals surface area contributed by atoms with E-state index in [2.05, 4.69) is 47.7 Å². The van der Waals surface area contributed by atoms with Gasteiger partial charge in [0.2, 0.25) is 0 Å². The van der Waals surface area contributed by atoms with Crippen molar-refractivity contribution in [3.05, 3.63) is 90.3 Å². The first-order valence-electron chi connectivity index (χ1n) is 9.82. The third-order valence-corrected chi connectivity index (χ3v) is 6.22. The SMILES string of the molecule is O=C(CNc1cccc(C(F)(F)F)c1)N/N=C\c1cc(Br)c(OCc2ccc(Cl)cc2Cl)c(Br)c1. The number of carbonyl (C=O) groups excluding carboxylic acids is 1. The summed E-state index contributed by atoms with van der Waals surface area (Å²) in [6.45, 7) is -0.0400. The zero-order valence-corrected chi connectivity index (χ0v) is 22.3. The number of hydrogen-bond acceptors (Lipinski definition) is 4. The maximum absolute atomic E-state index is 12.8. The van der Waals surface area contributed by atoms with E-state index >= 15 is 0 Å². The lowest BCUT2D eigenvalue weighted by atomic mass is 10.2. The summed E-state index contributed by atoms with van der Waals surface area (Å²) in [5.41, 5.74) is 3.09. The first-order valence-corrected chi connectivity index (χ1v) is 12.2. The van der Waals surface area contributed by atoms with Crippen LogP contribution >= 0.6 is 55.1 Å². The van der Waals surface area contributed by atoms with Crippen molar-refractivity contribution in [3.63, 3.8) is 0 Å². The average Bonchev–Trinajstić information content (AvgIpc) is 2.78. The van der Waals surface area contributed by atoms with E-state index in [9.17, 15) is 18.0 Å². The van der Waals surface area contributed by atoms with Gasteiger partial charge < -0.3 is 10.1 Å². The number of halogens is 7. The van der Waals surface area contributed by atoms with Crippen LogP contribution in [0.5, 0.6) is 5.75 Å². The van der Waals surface area contributed by atoms with E-state index in [1.807, 2.05) is 0 Å². The maximum atomic E-state index is 12.8. The first-order chi connectivity index (χ1) is 16.5. The number of rotatable bonds is 8. The third-order valence-electron chi connectivity index (χ3n) is 4.45. The highest BCUT2D eigenvalue weighted by Gasteiger charge is 2.30. The van der Waals surface area contributed by atoms with E-state index < -0.39 is 17.6 Å². The molecule has 0 spiro atoms. The Morgan fingerprint density at radius 3 is 2.43 bits per heavy atom. The van der Waals surface area contributed by atoms with Gasteiger partial charge in [0.05, 0.1) is 27.3 Å². The first kappa shape index (κ1) is 27.3. The van der Waals surface area contributed by atoms with Crippen LogP contribution in [0.15, 0.2) is 68.6 Å². The molecule has 0 saturated carbocycles. The molecule has 2 N–H and O–H groups in total. The van der Waals surface area contributed by atoms with Crippen LogP contribution in [-0.4, -0.2) is 18.7 Å². The number of benzene rings is 3. The Hall–Kier alpha value is -2.27. The fourth-order valence-corrected chi connectivity index (χ4v) is 4.70. The fourth-order valence-electron chi connectivity index (χ4n) is 2.79. The lowest BCUT2D eigenvalue weighted by Crippen LogP contribution is -2.26. The topological polar surface area (TPSA) is 62.7 Å². The second-order valence-corrected chi connectivity index (χ2v) is 9.62. The Bertz CT molecular complexity index is 1230. The van der Waals surface area contributed by atoms with Crippen LogP contribution in [-0.2, 0) is 17.6 Å². The lowest BCUT2D eigenvalue weighted by Gasteiger charge is -2.12. The summed E-state index contributed by atoms with van der Waals surface area (Å²) in [5, 5.41) is 7.53. The molecule has 0 heterocycles. The molecule has 35 heavy (non-hydrogen) atoms. The molecule has 12 heteroatoms. The van der Waals surface area contributed by atoms with Crippen molar-refractivity contribution in [3.8, 4) is 5.75 Å². The third kappa shape index (κ3) is 8.13. The second-order valence-electron chi connectivity index (χ2n) is 7.06. The molecular formula is C23H16Br2Cl2F3N3O2. The van der Waals surface area contributed by atoms with Crippen molar-refractivity contribution in [1.29, 1.82) is 0 Å². The number of ether oxygens (including phenoxy) is 1. The van der Waals surface area contributed by atoms with Gasteiger partial charge in [-0.2, -0.15) is 18.3 Å². The molecule has 1 amide bonds. The van der Waals surface area contributed by atoms with Gasteiger partial charge in [-0.15, -0.1) is 0 Å². The molecule has 5 nitrogen and oxygen atoms in total. The Morgan fingerprint density at radius 2 is 1.77 bits per heavy atom. The van der Waals surface area contributed by atoms with Crippen molar-refractivity contribution in [2.75, 3.05) is 11.9 Å². The highest BCUT2D eigenvalue weighted by molar-refractivity contribution is 9.11. The molecule has 0 saturated heterocycles. The average molecular weight is 654 g/mol. The van der Waals surface area contributed by atoms with Crippen molar-refractivity contribution in [2.45, 2.75) is 12.8 Å². The summed E-state index contributed by atoms with van der Waals surface area (Å²) in [6.07, 6.45) is -3.05. The predicted molar refractivity (Wildman–Crippen MR) is 138 cm³/mol. The molecule has 3 rings (SSSR count). The molecule has 0 fully saturated rings. The number of alkyl halides is 3. The van der Waals surface area contributed by atoms with Gasteiger partial charge in [0.1, 0.15) is 12.4 Å². The van der Waals surface area contributed by atoms with Gasteiger partial charge in [-0.25, -0.2) is 5.43 Å². The van der Waals surface area contributed by atoms with E-state index in [0.29, 0.717) is 30.3 Å². The van der Waals surface area contributed by atoms with Gasteiger partial charge >= 0.3 is 6.18 Å². The number of nitrogens with one attached hydrogen (secondary N) is 2. The minimum atomic E-state index is -4.46. The zero-order valence-electron chi connectivity index (χ0n) is 17.6. The number of hydrogen-bond donors (Lipinski definition) is 2. The minimum Gasteiger partial charge on any atom is -0.486 e.